The van der Waals surface area contributed by atoms with Crippen molar-refractivity contribution in [2.24, 2.45) is 0 Å². The lowest BCUT2D eigenvalue weighted by molar-refractivity contribution is 0.481. The molecule has 1 aliphatic rings. The van der Waals surface area contributed by atoms with Gasteiger partial charge in [-0.1, -0.05) is 0 Å². The number of rotatable bonds is 6. The Bertz CT molecular complexity index is 616. The smallest absolute Gasteiger partial charge is 0.129 e. The van der Waals surface area contributed by atoms with Crippen molar-refractivity contribution >= 4 is 5.82 Å². The molecule has 0 unspecified atom stereocenters. The van der Waals surface area contributed by atoms with Crippen LogP contribution in [0.2, 0.25) is 0 Å². The number of furan rings is 1. The lowest BCUT2D eigenvalue weighted by Crippen LogP contribution is -2.19. The van der Waals surface area contributed by atoms with Crippen LogP contribution in [0.1, 0.15) is 35.6 Å². The van der Waals surface area contributed by atoms with Gasteiger partial charge in [-0.2, -0.15) is 0 Å². The van der Waals surface area contributed by atoms with Crippen LogP contribution in [0, 0.1) is 13.8 Å². The summed E-state index contributed by atoms with van der Waals surface area (Å²) in [5, 5.41) is 3.55. The fraction of sp³-hybridized carbons (Fsp3) is 0.471. The molecular weight excluding hydrogens is 262 g/mol. The van der Waals surface area contributed by atoms with Gasteiger partial charge in [-0.15, -0.1) is 0 Å². The van der Waals surface area contributed by atoms with Crippen molar-refractivity contribution in [1.82, 2.24) is 10.3 Å². The van der Waals surface area contributed by atoms with Gasteiger partial charge in [0.05, 0.1) is 6.54 Å². The van der Waals surface area contributed by atoms with E-state index in [1.54, 1.807) is 0 Å². The van der Waals surface area contributed by atoms with E-state index in [4.69, 9.17) is 4.42 Å². The summed E-state index contributed by atoms with van der Waals surface area (Å²) in [4.78, 5) is 6.77. The summed E-state index contributed by atoms with van der Waals surface area (Å²) in [5.41, 5.74) is 2.36. The first-order chi connectivity index (χ1) is 10.1. The molecule has 0 saturated heterocycles. The van der Waals surface area contributed by atoms with Crippen LogP contribution in [0.15, 0.2) is 28.7 Å². The van der Waals surface area contributed by atoms with E-state index >= 15 is 0 Å². The summed E-state index contributed by atoms with van der Waals surface area (Å²) in [7, 11) is 2.05. The van der Waals surface area contributed by atoms with Crippen LogP contribution in [0.4, 0.5) is 5.82 Å². The van der Waals surface area contributed by atoms with Crippen molar-refractivity contribution in [2.45, 2.75) is 45.8 Å². The normalized spacial score (nSPS) is 14.4. The summed E-state index contributed by atoms with van der Waals surface area (Å²) < 4.78 is 5.64. The van der Waals surface area contributed by atoms with Gasteiger partial charge in [0.1, 0.15) is 17.3 Å². The van der Waals surface area contributed by atoms with Crippen LogP contribution in [-0.4, -0.2) is 18.1 Å². The van der Waals surface area contributed by atoms with E-state index in [0.29, 0.717) is 0 Å². The zero-order chi connectivity index (χ0) is 14.8. The average molecular weight is 285 g/mol. The molecule has 0 aliphatic heterocycles. The quantitative estimate of drug-likeness (QED) is 0.885. The fourth-order valence-electron chi connectivity index (χ4n) is 2.45. The highest BCUT2D eigenvalue weighted by Crippen LogP contribution is 2.21. The van der Waals surface area contributed by atoms with Gasteiger partial charge >= 0.3 is 0 Å². The van der Waals surface area contributed by atoms with Crippen molar-refractivity contribution < 1.29 is 4.42 Å². The molecule has 2 heterocycles. The zero-order valence-corrected chi connectivity index (χ0v) is 13.0. The zero-order valence-electron chi connectivity index (χ0n) is 13.0. The predicted molar refractivity (Wildman–Crippen MR) is 84.4 cm³/mol. The molecule has 2 aromatic heterocycles. The monoisotopic (exact) mass is 285 g/mol. The molecule has 1 aliphatic carbocycles. The van der Waals surface area contributed by atoms with E-state index < -0.39 is 0 Å². The second-order valence-electron chi connectivity index (χ2n) is 6.00. The summed E-state index contributed by atoms with van der Waals surface area (Å²) in [5.74, 6) is 2.91. The summed E-state index contributed by atoms with van der Waals surface area (Å²) in [6, 6.07) is 9.07. The number of aromatic nitrogens is 1. The Morgan fingerprint density at radius 1 is 1.29 bits per heavy atom. The van der Waals surface area contributed by atoms with E-state index in [9.17, 15) is 0 Å². The van der Waals surface area contributed by atoms with Crippen molar-refractivity contribution in [3.05, 3.63) is 47.0 Å². The lowest BCUT2D eigenvalue weighted by atomic mass is 10.2. The van der Waals surface area contributed by atoms with Gasteiger partial charge in [0, 0.05) is 25.3 Å². The van der Waals surface area contributed by atoms with Crippen LogP contribution >= 0.6 is 0 Å². The largest absolute Gasteiger partial charge is 0.464 e. The molecule has 0 spiro atoms. The molecule has 21 heavy (non-hydrogen) atoms. The molecule has 112 valence electrons. The second kappa shape index (κ2) is 5.90. The van der Waals surface area contributed by atoms with Gasteiger partial charge in [0.15, 0.2) is 0 Å². The van der Waals surface area contributed by atoms with Crippen LogP contribution in [-0.2, 0) is 13.1 Å². The van der Waals surface area contributed by atoms with Crippen molar-refractivity contribution in [2.75, 3.05) is 11.9 Å². The number of hydrogen-bond donors (Lipinski definition) is 1. The minimum Gasteiger partial charge on any atom is -0.464 e. The molecular formula is C17H23N3O. The number of hydrogen-bond acceptors (Lipinski definition) is 4. The summed E-state index contributed by atoms with van der Waals surface area (Å²) >= 11 is 0. The van der Waals surface area contributed by atoms with Crippen molar-refractivity contribution in [3.8, 4) is 0 Å². The Labute approximate surface area is 126 Å². The van der Waals surface area contributed by atoms with Gasteiger partial charge in [-0.25, -0.2) is 4.98 Å². The maximum Gasteiger partial charge on any atom is 0.129 e. The number of nitrogens with one attached hydrogen (secondary N) is 1. The maximum absolute atomic E-state index is 5.64. The summed E-state index contributed by atoms with van der Waals surface area (Å²) in [6.07, 6.45) is 2.63. The van der Waals surface area contributed by atoms with Crippen LogP contribution in [0.3, 0.4) is 0 Å². The molecule has 0 radical (unpaired) electrons. The lowest BCUT2D eigenvalue weighted by Gasteiger charge is -2.18. The molecule has 0 bridgehead atoms. The molecule has 1 N–H and O–H groups in total. The van der Waals surface area contributed by atoms with Crippen LogP contribution in [0.25, 0.3) is 0 Å². The van der Waals surface area contributed by atoms with Crippen LogP contribution < -0.4 is 10.2 Å². The minimum absolute atomic E-state index is 0.728. The second-order valence-corrected chi connectivity index (χ2v) is 6.00. The molecule has 0 amide bonds. The third-order valence-corrected chi connectivity index (χ3v) is 3.75. The highest BCUT2D eigenvalue weighted by molar-refractivity contribution is 5.42. The molecule has 2 aromatic rings. The number of nitrogens with zero attached hydrogens (tertiary/aromatic N) is 2. The molecule has 4 heteroatoms. The number of anilines is 1. The topological polar surface area (TPSA) is 41.3 Å². The molecule has 0 atom stereocenters. The highest BCUT2D eigenvalue weighted by atomic mass is 16.3. The predicted octanol–water partition coefficient (Wildman–Crippen LogP) is 3.18. The third kappa shape index (κ3) is 3.85. The number of pyridine rings is 1. The van der Waals surface area contributed by atoms with E-state index in [1.165, 1.54) is 18.4 Å². The first-order valence-corrected chi connectivity index (χ1v) is 7.57. The fourth-order valence-corrected chi connectivity index (χ4v) is 2.45. The van der Waals surface area contributed by atoms with E-state index in [-0.39, 0.29) is 0 Å². The number of aryl methyl sites for hydroxylation is 2. The Morgan fingerprint density at radius 3 is 2.76 bits per heavy atom. The van der Waals surface area contributed by atoms with E-state index in [1.807, 2.05) is 19.1 Å². The molecule has 4 nitrogen and oxygen atoms in total. The average Bonchev–Trinajstić information content (AvgIpc) is 3.19. The Hall–Kier alpha value is -1.81. The molecule has 1 saturated carbocycles. The van der Waals surface area contributed by atoms with Gasteiger partial charge in [-0.3, -0.25) is 0 Å². The van der Waals surface area contributed by atoms with Gasteiger partial charge in [0.25, 0.3) is 0 Å². The SMILES string of the molecule is Cc1cc(CNC2CC2)cc(N(C)Cc2ccc(C)o2)n1. The maximum atomic E-state index is 5.64. The van der Waals surface area contributed by atoms with Crippen molar-refractivity contribution in [1.29, 1.82) is 0 Å². The van der Waals surface area contributed by atoms with Crippen molar-refractivity contribution in [3.63, 3.8) is 0 Å². The first-order valence-electron chi connectivity index (χ1n) is 7.57. The standard InChI is InChI=1S/C17H23N3O/c1-12-8-14(10-18-15-5-6-15)9-17(19-12)20(3)11-16-7-4-13(2)21-16/h4,7-9,15,18H,5-6,10-11H2,1-3H3. The third-order valence-electron chi connectivity index (χ3n) is 3.75. The Morgan fingerprint density at radius 2 is 2.10 bits per heavy atom. The minimum atomic E-state index is 0.728. The molecule has 0 aromatic carbocycles. The van der Waals surface area contributed by atoms with Crippen LogP contribution in [0.5, 0.6) is 0 Å². The first kappa shape index (κ1) is 14.1. The highest BCUT2D eigenvalue weighted by Gasteiger charge is 2.20. The molecule has 1 fully saturated rings. The van der Waals surface area contributed by atoms with E-state index in [2.05, 4.69) is 41.3 Å². The van der Waals surface area contributed by atoms with Gasteiger partial charge < -0.3 is 14.6 Å². The van der Waals surface area contributed by atoms with Gasteiger partial charge in [-0.05, 0) is 56.5 Å². The molecule has 3 rings (SSSR count). The van der Waals surface area contributed by atoms with E-state index in [0.717, 1.165) is 42.2 Å². The van der Waals surface area contributed by atoms with Gasteiger partial charge in [0.2, 0.25) is 0 Å². The summed E-state index contributed by atoms with van der Waals surface area (Å²) in [6.45, 7) is 5.68. The Balaban J connectivity index is 1.70. The Kier molecular flexibility index (Phi) is 3.97.